The van der Waals surface area contributed by atoms with Gasteiger partial charge in [0.2, 0.25) is 0 Å². The Balaban J connectivity index is 2.41. The van der Waals surface area contributed by atoms with Gasteiger partial charge in [-0.3, -0.25) is 0 Å². The molecule has 0 aromatic heterocycles. The number of rotatable bonds is 2. The molecule has 0 unspecified atom stereocenters. The lowest BCUT2D eigenvalue weighted by Gasteiger charge is -2.09. The van der Waals surface area contributed by atoms with Crippen LogP contribution in [0.5, 0.6) is 11.5 Å². The predicted molar refractivity (Wildman–Crippen MR) is 70.3 cm³/mol. The molecule has 0 saturated heterocycles. The minimum Gasteiger partial charge on any atom is -0.454 e. The third-order valence-electron chi connectivity index (χ3n) is 2.20. The lowest BCUT2D eigenvalue weighted by atomic mass is 10.2. The lowest BCUT2D eigenvalue weighted by molar-refractivity contribution is 0.474. The van der Waals surface area contributed by atoms with Crippen LogP contribution in [0.15, 0.2) is 40.9 Å². The summed E-state index contributed by atoms with van der Waals surface area (Å²) in [4.78, 5) is 0. The van der Waals surface area contributed by atoms with E-state index in [1.165, 1.54) is 18.2 Å². The number of benzene rings is 2. The molecular formula is C13H6BrClFNO. The van der Waals surface area contributed by atoms with Gasteiger partial charge in [0, 0.05) is 4.47 Å². The molecule has 2 rings (SSSR count). The normalized spacial score (nSPS) is 9.89. The van der Waals surface area contributed by atoms with E-state index in [2.05, 4.69) is 15.9 Å². The van der Waals surface area contributed by atoms with Crippen molar-refractivity contribution in [1.29, 1.82) is 5.26 Å². The molecule has 2 aromatic carbocycles. The van der Waals surface area contributed by atoms with Crippen LogP contribution in [-0.4, -0.2) is 0 Å². The molecule has 0 saturated carbocycles. The first-order valence-corrected chi connectivity index (χ1v) is 6.10. The van der Waals surface area contributed by atoms with Crippen molar-refractivity contribution < 1.29 is 9.13 Å². The van der Waals surface area contributed by atoms with Gasteiger partial charge in [-0.2, -0.15) is 5.26 Å². The molecule has 0 amide bonds. The van der Waals surface area contributed by atoms with Gasteiger partial charge in [-0.15, -0.1) is 0 Å². The van der Waals surface area contributed by atoms with E-state index in [9.17, 15) is 4.39 Å². The van der Waals surface area contributed by atoms with Crippen molar-refractivity contribution in [2.45, 2.75) is 0 Å². The highest BCUT2D eigenvalue weighted by Crippen LogP contribution is 2.33. The molecule has 0 N–H and O–H groups in total. The Labute approximate surface area is 117 Å². The molecule has 0 atom stereocenters. The van der Waals surface area contributed by atoms with Gasteiger partial charge in [0.25, 0.3) is 0 Å². The molecule has 5 heteroatoms. The van der Waals surface area contributed by atoms with Gasteiger partial charge in [0.05, 0.1) is 5.02 Å². The van der Waals surface area contributed by atoms with Gasteiger partial charge in [0.1, 0.15) is 28.9 Å². The minimum atomic E-state index is -0.622. The van der Waals surface area contributed by atoms with Crippen LogP contribution in [0.1, 0.15) is 5.56 Å². The number of ether oxygens (including phenoxy) is 1. The van der Waals surface area contributed by atoms with Crippen molar-refractivity contribution in [3.8, 4) is 17.6 Å². The summed E-state index contributed by atoms with van der Waals surface area (Å²) < 4.78 is 19.6. The number of halogens is 3. The lowest BCUT2D eigenvalue weighted by Crippen LogP contribution is -1.92. The molecule has 0 bridgehead atoms. The fourth-order valence-corrected chi connectivity index (χ4v) is 2.09. The summed E-state index contributed by atoms with van der Waals surface area (Å²) in [5.41, 5.74) is -0.142. The maximum absolute atomic E-state index is 13.4. The molecule has 0 fully saturated rings. The minimum absolute atomic E-state index is 0.140. The van der Waals surface area contributed by atoms with Gasteiger partial charge >= 0.3 is 0 Å². The Hall–Kier alpha value is -1.57. The average Bonchev–Trinajstić information content (AvgIpc) is 2.33. The fourth-order valence-electron chi connectivity index (χ4n) is 1.37. The molecule has 90 valence electrons. The van der Waals surface area contributed by atoms with Crippen LogP contribution in [-0.2, 0) is 0 Å². The standard InChI is InChI=1S/C13H6BrClFNO/c14-8-4-5-13(10(15)6-8)18-12-3-1-2-11(16)9(12)7-17/h1-6H. The highest BCUT2D eigenvalue weighted by atomic mass is 79.9. The number of hydrogen-bond donors (Lipinski definition) is 0. The van der Waals surface area contributed by atoms with Crippen molar-refractivity contribution in [2.24, 2.45) is 0 Å². The zero-order valence-electron chi connectivity index (χ0n) is 8.95. The van der Waals surface area contributed by atoms with E-state index in [1.807, 2.05) is 0 Å². The summed E-state index contributed by atoms with van der Waals surface area (Å²) in [7, 11) is 0. The summed E-state index contributed by atoms with van der Waals surface area (Å²) in [5.74, 6) is -0.119. The van der Waals surface area contributed by atoms with Crippen molar-refractivity contribution in [3.05, 3.63) is 57.3 Å². The molecule has 2 nitrogen and oxygen atoms in total. The maximum atomic E-state index is 13.4. The van der Waals surface area contributed by atoms with Gasteiger partial charge in [0.15, 0.2) is 0 Å². The predicted octanol–water partition coefficient (Wildman–Crippen LogP) is 4.91. The van der Waals surface area contributed by atoms with Gasteiger partial charge in [-0.05, 0) is 30.3 Å². The largest absolute Gasteiger partial charge is 0.454 e. The summed E-state index contributed by atoms with van der Waals surface area (Å²) in [6, 6.07) is 11.0. The smallest absolute Gasteiger partial charge is 0.148 e. The summed E-state index contributed by atoms with van der Waals surface area (Å²) >= 11 is 9.25. The van der Waals surface area contributed by atoms with Crippen molar-refractivity contribution in [1.82, 2.24) is 0 Å². The topological polar surface area (TPSA) is 33.0 Å². The highest BCUT2D eigenvalue weighted by molar-refractivity contribution is 9.10. The summed E-state index contributed by atoms with van der Waals surface area (Å²) in [6.07, 6.45) is 0. The molecule has 0 heterocycles. The van der Waals surface area contributed by atoms with E-state index >= 15 is 0 Å². The van der Waals surface area contributed by atoms with Crippen LogP contribution in [0, 0.1) is 17.1 Å². The zero-order chi connectivity index (χ0) is 13.1. The van der Waals surface area contributed by atoms with E-state index in [-0.39, 0.29) is 11.3 Å². The maximum Gasteiger partial charge on any atom is 0.148 e. The monoisotopic (exact) mass is 325 g/mol. The highest BCUT2D eigenvalue weighted by Gasteiger charge is 2.11. The summed E-state index contributed by atoms with van der Waals surface area (Å²) in [5, 5.41) is 9.25. The molecule has 18 heavy (non-hydrogen) atoms. The van der Waals surface area contributed by atoms with Crippen LogP contribution >= 0.6 is 27.5 Å². The Morgan fingerprint density at radius 2 is 2.00 bits per heavy atom. The first kappa shape index (κ1) is 12.9. The second-order valence-electron chi connectivity index (χ2n) is 3.40. The van der Waals surface area contributed by atoms with Crippen LogP contribution < -0.4 is 4.74 Å². The van der Waals surface area contributed by atoms with E-state index in [4.69, 9.17) is 21.6 Å². The second-order valence-corrected chi connectivity index (χ2v) is 4.72. The van der Waals surface area contributed by atoms with Crippen LogP contribution in [0.4, 0.5) is 4.39 Å². The molecule has 0 aliphatic rings. The summed E-state index contributed by atoms with van der Waals surface area (Å²) in [6.45, 7) is 0. The van der Waals surface area contributed by atoms with Crippen LogP contribution in [0.2, 0.25) is 5.02 Å². The van der Waals surface area contributed by atoms with Gasteiger partial charge in [-0.25, -0.2) is 4.39 Å². The number of hydrogen-bond acceptors (Lipinski definition) is 2. The first-order valence-electron chi connectivity index (χ1n) is 4.93. The molecular weight excluding hydrogens is 321 g/mol. The Morgan fingerprint density at radius 1 is 1.22 bits per heavy atom. The van der Waals surface area contributed by atoms with Crippen molar-refractivity contribution in [3.63, 3.8) is 0 Å². The van der Waals surface area contributed by atoms with E-state index < -0.39 is 5.82 Å². The fraction of sp³-hybridized carbons (Fsp3) is 0. The number of nitrogens with zero attached hydrogens (tertiary/aromatic N) is 1. The third-order valence-corrected chi connectivity index (χ3v) is 2.99. The molecule has 0 spiro atoms. The third kappa shape index (κ3) is 2.63. The first-order chi connectivity index (χ1) is 8.61. The van der Waals surface area contributed by atoms with E-state index in [1.54, 1.807) is 24.3 Å². The van der Waals surface area contributed by atoms with E-state index in [0.717, 1.165) is 4.47 Å². The zero-order valence-corrected chi connectivity index (χ0v) is 11.3. The van der Waals surface area contributed by atoms with Crippen molar-refractivity contribution in [2.75, 3.05) is 0 Å². The quantitative estimate of drug-likeness (QED) is 0.786. The molecule has 0 radical (unpaired) electrons. The molecule has 0 aliphatic heterocycles. The Morgan fingerprint density at radius 3 is 2.67 bits per heavy atom. The average molecular weight is 327 g/mol. The van der Waals surface area contributed by atoms with Gasteiger partial charge in [-0.1, -0.05) is 33.6 Å². The van der Waals surface area contributed by atoms with Crippen LogP contribution in [0.3, 0.4) is 0 Å². The molecule has 0 aliphatic carbocycles. The van der Waals surface area contributed by atoms with Crippen molar-refractivity contribution >= 4 is 27.5 Å². The van der Waals surface area contributed by atoms with Crippen LogP contribution in [0.25, 0.3) is 0 Å². The SMILES string of the molecule is N#Cc1c(F)cccc1Oc1ccc(Br)cc1Cl. The van der Waals surface area contributed by atoms with Gasteiger partial charge < -0.3 is 4.74 Å². The Bertz CT molecular complexity index is 639. The second kappa shape index (κ2) is 5.38. The van der Waals surface area contributed by atoms with E-state index in [0.29, 0.717) is 10.8 Å². The molecule has 2 aromatic rings. The number of nitriles is 1. The Kier molecular flexibility index (Phi) is 3.85.